The smallest absolute Gasteiger partial charge is 0.315 e. The molecule has 1 fully saturated rings. The highest BCUT2D eigenvalue weighted by Crippen LogP contribution is 2.39. The van der Waals surface area contributed by atoms with Gasteiger partial charge in [-0.1, -0.05) is 5.16 Å². The van der Waals surface area contributed by atoms with Crippen molar-refractivity contribution in [2.45, 2.75) is 45.1 Å². The van der Waals surface area contributed by atoms with E-state index in [1.54, 1.807) is 19.3 Å². The minimum absolute atomic E-state index is 0.0496. The number of amides is 1. The molecule has 1 aliphatic heterocycles. The van der Waals surface area contributed by atoms with Gasteiger partial charge in [-0.05, 0) is 51.3 Å². The second kappa shape index (κ2) is 9.98. The Bertz CT molecular complexity index is 1160. The van der Waals surface area contributed by atoms with E-state index in [9.17, 15) is 9.59 Å². The first-order valence-corrected chi connectivity index (χ1v) is 12.3. The molecule has 1 N–H and O–H groups in total. The molecule has 1 amide bonds. The lowest BCUT2D eigenvalue weighted by Crippen LogP contribution is -2.40. The Labute approximate surface area is 200 Å². The number of hydrogen-bond acceptors (Lipinski definition) is 10. The van der Waals surface area contributed by atoms with Crippen molar-refractivity contribution >= 4 is 28.3 Å². The molecule has 2 atom stereocenters. The number of ether oxygens (including phenoxy) is 1. The van der Waals surface area contributed by atoms with Crippen molar-refractivity contribution in [1.29, 1.82) is 0 Å². The van der Waals surface area contributed by atoms with Crippen LogP contribution in [0.5, 0.6) is 0 Å². The number of nitrogens with one attached hydrogen (secondary N) is 1. The predicted molar refractivity (Wildman–Crippen MR) is 124 cm³/mol. The van der Waals surface area contributed by atoms with Crippen LogP contribution in [-0.2, 0) is 27.3 Å². The monoisotopic (exact) mass is 482 g/mol. The third-order valence-electron chi connectivity index (χ3n) is 6.14. The Kier molecular flexibility index (Phi) is 6.63. The number of rotatable bonds is 7. The van der Waals surface area contributed by atoms with Crippen LogP contribution in [0.4, 0.5) is 5.13 Å². The van der Waals surface area contributed by atoms with Crippen molar-refractivity contribution in [3.05, 3.63) is 41.0 Å². The van der Waals surface area contributed by atoms with E-state index in [2.05, 4.69) is 30.3 Å². The number of piperidine rings is 1. The van der Waals surface area contributed by atoms with E-state index in [-0.39, 0.29) is 23.7 Å². The summed E-state index contributed by atoms with van der Waals surface area (Å²) in [6.45, 7) is 4.11. The first-order chi connectivity index (χ1) is 16.6. The molecule has 3 aromatic heterocycles. The maximum absolute atomic E-state index is 13.0. The lowest BCUT2D eigenvalue weighted by molar-refractivity contribution is -0.145. The van der Waals surface area contributed by atoms with Gasteiger partial charge in [0, 0.05) is 29.4 Å². The number of thiazole rings is 1. The Balaban J connectivity index is 1.18. The number of carbonyl (C=O) groups is 2. The van der Waals surface area contributed by atoms with Gasteiger partial charge in [-0.15, -0.1) is 11.3 Å². The molecule has 11 heteroatoms. The van der Waals surface area contributed by atoms with Gasteiger partial charge in [-0.2, -0.15) is 4.98 Å². The van der Waals surface area contributed by atoms with E-state index in [1.807, 2.05) is 12.1 Å². The standard InChI is InChI=1S/C23H26N6O4S/c1-2-32-22(31)16-7-8-17-19(16)26-23(34-17)27-21(30)15-6-4-10-29(12-15)13-18-25-20(28-33-18)14-5-3-9-24-11-14/h3,5,9,11,15-16H,2,4,6-8,10,12-13H2,1H3,(H,26,27,30). The van der Waals surface area contributed by atoms with E-state index in [0.717, 1.165) is 48.4 Å². The van der Waals surface area contributed by atoms with Crippen LogP contribution in [0.2, 0.25) is 0 Å². The van der Waals surface area contributed by atoms with Crippen LogP contribution in [0.3, 0.4) is 0 Å². The zero-order valence-corrected chi connectivity index (χ0v) is 19.7. The molecule has 2 unspecified atom stereocenters. The Hall–Kier alpha value is -3.18. The minimum Gasteiger partial charge on any atom is -0.465 e. The molecule has 0 spiro atoms. The maximum Gasteiger partial charge on any atom is 0.315 e. The summed E-state index contributed by atoms with van der Waals surface area (Å²) in [5.74, 6) is 0.252. The number of hydrogen-bond donors (Lipinski definition) is 1. The fourth-order valence-corrected chi connectivity index (χ4v) is 5.54. The summed E-state index contributed by atoms with van der Waals surface area (Å²) >= 11 is 1.45. The number of fused-ring (bicyclic) bond motifs is 1. The van der Waals surface area contributed by atoms with Gasteiger partial charge < -0.3 is 14.6 Å². The van der Waals surface area contributed by atoms with Crippen molar-refractivity contribution in [1.82, 2.24) is 25.0 Å². The fraction of sp³-hybridized carbons (Fsp3) is 0.478. The molecule has 0 bridgehead atoms. The van der Waals surface area contributed by atoms with Crippen LogP contribution in [-0.4, -0.2) is 56.6 Å². The molecule has 5 rings (SSSR count). The van der Waals surface area contributed by atoms with Crippen LogP contribution < -0.4 is 5.32 Å². The number of likely N-dealkylation sites (tertiary alicyclic amines) is 1. The van der Waals surface area contributed by atoms with Gasteiger partial charge in [-0.3, -0.25) is 19.5 Å². The molecule has 4 heterocycles. The number of aromatic nitrogens is 4. The van der Waals surface area contributed by atoms with Crippen LogP contribution in [0.1, 0.15) is 48.6 Å². The molecule has 34 heavy (non-hydrogen) atoms. The predicted octanol–water partition coefficient (Wildman–Crippen LogP) is 3.03. The first-order valence-electron chi connectivity index (χ1n) is 11.5. The highest BCUT2D eigenvalue weighted by molar-refractivity contribution is 7.16. The summed E-state index contributed by atoms with van der Waals surface area (Å²) in [6, 6.07) is 3.71. The first kappa shape index (κ1) is 22.6. The number of aryl methyl sites for hydroxylation is 1. The molecule has 3 aromatic rings. The van der Waals surface area contributed by atoms with Gasteiger partial charge >= 0.3 is 5.97 Å². The van der Waals surface area contributed by atoms with Crippen LogP contribution in [0.15, 0.2) is 29.0 Å². The lowest BCUT2D eigenvalue weighted by Gasteiger charge is -2.30. The highest BCUT2D eigenvalue weighted by Gasteiger charge is 2.34. The zero-order chi connectivity index (χ0) is 23.5. The average molecular weight is 483 g/mol. The fourth-order valence-electron chi connectivity index (χ4n) is 4.50. The summed E-state index contributed by atoms with van der Waals surface area (Å²) in [6.07, 6.45) is 6.61. The Morgan fingerprint density at radius 2 is 2.24 bits per heavy atom. The second-order valence-electron chi connectivity index (χ2n) is 8.49. The molecular weight excluding hydrogens is 456 g/mol. The molecule has 0 radical (unpaired) electrons. The van der Waals surface area contributed by atoms with E-state index in [0.29, 0.717) is 36.5 Å². The summed E-state index contributed by atoms with van der Waals surface area (Å²) in [5.41, 5.74) is 1.55. The van der Waals surface area contributed by atoms with Gasteiger partial charge in [-0.25, -0.2) is 4.98 Å². The van der Waals surface area contributed by atoms with Gasteiger partial charge in [0.2, 0.25) is 17.6 Å². The highest BCUT2D eigenvalue weighted by atomic mass is 32.1. The summed E-state index contributed by atoms with van der Waals surface area (Å²) in [5, 5.41) is 7.57. The second-order valence-corrected chi connectivity index (χ2v) is 9.57. The molecule has 0 saturated carbocycles. The maximum atomic E-state index is 13.0. The van der Waals surface area contributed by atoms with Crippen LogP contribution in [0, 0.1) is 5.92 Å². The molecule has 2 aliphatic rings. The number of anilines is 1. The van der Waals surface area contributed by atoms with Gasteiger partial charge in [0.1, 0.15) is 5.92 Å². The van der Waals surface area contributed by atoms with Crippen molar-refractivity contribution in [3.8, 4) is 11.4 Å². The Morgan fingerprint density at radius 1 is 1.32 bits per heavy atom. The van der Waals surface area contributed by atoms with E-state index in [1.165, 1.54) is 11.3 Å². The van der Waals surface area contributed by atoms with Crippen LogP contribution in [0.25, 0.3) is 11.4 Å². The van der Waals surface area contributed by atoms with E-state index < -0.39 is 0 Å². The Morgan fingerprint density at radius 3 is 3.06 bits per heavy atom. The number of esters is 1. The molecule has 10 nitrogen and oxygen atoms in total. The largest absolute Gasteiger partial charge is 0.465 e. The molecule has 1 saturated heterocycles. The number of pyridine rings is 1. The quantitative estimate of drug-likeness (QED) is 0.506. The van der Waals surface area contributed by atoms with Crippen molar-refractivity contribution in [2.24, 2.45) is 5.92 Å². The van der Waals surface area contributed by atoms with E-state index >= 15 is 0 Å². The van der Waals surface area contributed by atoms with Crippen molar-refractivity contribution < 1.29 is 18.8 Å². The summed E-state index contributed by atoms with van der Waals surface area (Å²) < 4.78 is 10.6. The molecular formula is C23H26N6O4S. The van der Waals surface area contributed by atoms with Gasteiger partial charge in [0.25, 0.3) is 0 Å². The van der Waals surface area contributed by atoms with Crippen LogP contribution >= 0.6 is 11.3 Å². The van der Waals surface area contributed by atoms with Gasteiger partial charge in [0.15, 0.2) is 5.13 Å². The van der Waals surface area contributed by atoms with Crippen molar-refractivity contribution in [3.63, 3.8) is 0 Å². The zero-order valence-electron chi connectivity index (χ0n) is 18.9. The molecule has 0 aromatic carbocycles. The minimum atomic E-state index is -0.326. The average Bonchev–Trinajstić information content (AvgIpc) is 3.56. The SMILES string of the molecule is CCOC(=O)C1CCc2sc(NC(=O)C3CCCN(Cc4nc(-c5cccnc5)no4)C3)nc21. The lowest BCUT2D eigenvalue weighted by atomic mass is 9.97. The van der Waals surface area contributed by atoms with E-state index in [4.69, 9.17) is 9.26 Å². The molecule has 178 valence electrons. The third-order valence-corrected chi connectivity index (χ3v) is 7.19. The van der Waals surface area contributed by atoms with Gasteiger partial charge in [0.05, 0.1) is 24.8 Å². The third kappa shape index (κ3) is 4.85. The molecule has 1 aliphatic carbocycles. The van der Waals surface area contributed by atoms with Crippen molar-refractivity contribution in [2.75, 3.05) is 25.0 Å². The number of nitrogens with zero attached hydrogens (tertiary/aromatic N) is 5. The summed E-state index contributed by atoms with van der Waals surface area (Å²) in [4.78, 5) is 41.5. The summed E-state index contributed by atoms with van der Waals surface area (Å²) in [7, 11) is 0. The topological polar surface area (TPSA) is 123 Å². The number of carbonyl (C=O) groups excluding carboxylic acids is 2. The normalized spacial score (nSPS) is 20.1.